The summed E-state index contributed by atoms with van der Waals surface area (Å²) in [4.78, 5) is 49.9. The molecule has 10 heteroatoms. The third kappa shape index (κ3) is 4.75. The molecule has 1 aromatic rings. The number of carbonyl (C=O) groups excluding carboxylic acids is 4. The van der Waals surface area contributed by atoms with Crippen LogP contribution in [-0.2, 0) is 19.1 Å². The van der Waals surface area contributed by atoms with Gasteiger partial charge in [0.15, 0.2) is 6.61 Å². The van der Waals surface area contributed by atoms with E-state index in [0.29, 0.717) is 23.5 Å². The Hall–Kier alpha value is -2.75. The maximum Gasteiger partial charge on any atom is 0.329 e. The molecule has 9 nitrogen and oxygen atoms in total. The van der Waals surface area contributed by atoms with Gasteiger partial charge in [-0.2, -0.15) is 11.8 Å². The summed E-state index contributed by atoms with van der Waals surface area (Å²) in [5, 5.41) is 5.08. The molecule has 0 saturated carbocycles. The van der Waals surface area contributed by atoms with Crippen LogP contribution in [0.25, 0.3) is 0 Å². The van der Waals surface area contributed by atoms with Crippen LogP contribution in [0.4, 0.5) is 16.2 Å². The summed E-state index contributed by atoms with van der Waals surface area (Å²) in [6.07, 6.45) is 2.18. The molecule has 1 atom stereocenters. The molecule has 0 bridgehead atoms. The Balaban J connectivity index is 2.13. The Labute approximate surface area is 167 Å². The van der Waals surface area contributed by atoms with Gasteiger partial charge in [-0.25, -0.2) is 9.59 Å². The Bertz CT molecular complexity index is 783. The minimum absolute atomic E-state index is 0.317. The molecule has 1 heterocycles. The molecule has 152 valence electrons. The summed E-state index contributed by atoms with van der Waals surface area (Å²) in [6.45, 7) is 2.64. The average molecular weight is 408 g/mol. The van der Waals surface area contributed by atoms with Gasteiger partial charge in [-0.1, -0.05) is 12.1 Å². The molecule has 4 N–H and O–H groups in total. The van der Waals surface area contributed by atoms with E-state index in [-0.39, 0.29) is 5.91 Å². The summed E-state index contributed by atoms with van der Waals surface area (Å²) in [6, 6.07) is 5.08. The van der Waals surface area contributed by atoms with Gasteiger partial charge in [0.05, 0.1) is 11.4 Å². The quantitative estimate of drug-likeness (QED) is 0.579. The van der Waals surface area contributed by atoms with Crippen molar-refractivity contribution in [2.24, 2.45) is 5.73 Å². The normalized spacial score (nSPS) is 15.8. The molecular weight excluding hydrogens is 384 g/mol. The zero-order valence-corrected chi connectivity index (χ0v) is 16.8. The standard InChI is InChI=1S/C18H24N4O5S/c1-18(2)16(25)20-11-6-4-5-7-13(11)22(18)14(23)10-27-15(24)12(8-9-28-3)21-17(19)26/h4-7,12H,8-10H2,1-3H3,(H,20,25)(H3,19,21,26)/t12-/m1/s1. The van der Waals surface area contributed by atoms with Gasteiger partial charge >= 0.3 is 12.0 Å². The van der Waals surface area contributed by atoms with Gasteiger partial charge in [-0.05, 0) is 44.4 Å². The number of para-hydroxylation sites is 2. The van der Waals surface area contributed by atoms with Crippen LogP contribution in [0.5, 0.6) is 0 Å². The van der Waals surface area contributed by atoms with Crippen molar-refractivity contribution in [2.45, 2.75) is 31.8 Å². The highest BCUT2D eigenvalue weighted by atomic mass is 32.2. The lowest BCUT2D eigenvalue weighted by molar-refractivity contribution is -0.150. The number of nitrogens with zero attached hydrogens (tertiary/aromatic N) is 1. The number of carbonyl (C=O) groups is 4. The molecule has 0 aliphatic carbocycles. The van der Waals surface area contributed by atoms with E-state index in [1.165, 1.54) is 16.7 Å². The maximum absolute atomic E-state index is 12.8. The van der Waals surface area contributed by atoms with E-state index in [9.17, 15) is 19.2 Å². The maximum atomic E-state index is 12.8. The SMILES string of the molecule is CSCC[C@@H](NC(N)=O)C(=O)OCC(=O)N1c2ccccc2NC(=O)C1(C)C. The third-order valence-corrected chi connectivity index (χ3v) is 4.95. The highest BCUT2D eigenvalue weighted by Crippen LogP contribution is 2.36. The molecule has 2 rings (SSSR count). The Kier molecular flexibility index (Phi) is 6.90. The smallest absolute Gasteiger partial charge is 0.329 e. The van der Waals surface area contributed by atoms with Gasteiger partial charge in [0.25, 0.3) is 5.91 Å². The molecule has 1 aliphatic rings. The number of rotatable bonds is 7. The molecule has 4 amide bonds. The van der Waals surface area contributed by atoms with Crippen LogP contribution in [0, 0.1) is 0 Å². The lowest BCUT2D eigenvalue weighted by Crippen LogP contribution is -2.59. The number of urea groups is 1. The molecule has 1 aromatic carbocycles. The van der Waals surface area contributed by atoms with E-state index in [2.05, 4.69) is 10.6 Å². The molecule has 0 aromatic heterocycles. The first-order valence-electron chi connectivity index (χ1n) is 8.63. The number of esters is 1. The second-order valence-electron chi connectivity index (χ2n) is 6.71. The predicted octanol–water partition coefficient (Wildman–Crippen LogP) is 1.08. The second-order valence-corrected chi connectivity index (χ2v) is 7.70. The average Bonchev–Trinajstić information content (AvgIpc) is 2.63. The van der Waals surface area contributed by atoms with Crippen LogP contribution in [0.1, 0.15) is 20.3 Å². The number of hydrogen-bond acceptors (Lipinski definition) is 6. The van der Waals surface area contributed by atoms with Crippen molar-refractivity contribution < 1.29 is 23.9 Å². The molecular formula is C18H24N4O5S. The van der Waals surface area contributed by atoms with Gasteiger partial charge in [0.1, 0.15) is 11.6 Å². The van der Waals surface area contributed by atoms with Crippen molar-refractivity contribution in [1.29, 1.82) is 0 Å². The first kappa shape index (κ1) is 21.5. The van der Waals surface area contributed by atoms with Crippen molar-refractivity contribution in [3.8, 4) is 0 Å². The van der Waals surface area contributed by atoms with E-state index in [1.54, 1.807) is 38.1 Å². The van der Waals surface area contributed by atoms with Gasteiger partial charge in [-0.15, -0.1) is 0 Å². The highest BCUT2D eigenvalue weighted by Gasteiger charge is 2.43. The van der Waals surface area contributed by atoms with Gasteiger partial charge < -0.3 is 21.1 Å². The number of amides is 4. The van der Waals surface area contributed by atoms with Gasteiger partial charge in [0, 0.05) is 0 Å². The number of thioether (sulfide) groups is 1. The minimum Gasteiger partial charge on any atom is -0.454 e. The topological polar surface area (TPSA) is 131 Å². The number of anilines is 2. The van der Waals surface area contributed by atoms with Crippen LogP contribution in [-0.4, -0.2) is 54.0 Å². The van der Waals surface area contributed by atoms with E-state index in [0.717, 1.165) is 0 Å². The van der Waals surface area contributed by atoms with Crippen LogP contribution in [0.3, 0.4) is 0 Å². The molecule has 0 spiro atoms. The largest absolute Gasteiger partial charge is 0.454 e. The van der Waals surface area contributed by atoms with E-state index in [1.807, 2.05) is 6.26 Å². The number of fused-ring (bicyclic) bond motifs is 1. The predicted molar refractivity (Wildman–Crippen MR) is 107 cm³/mol. The second kappa shape index (κ2) is 8.96. The fourth-order valence-electron chi connectivity index (χ4n) is 2.85. The molecule has 0 saturated heterocycles. The Morgan fingerprint density at radius 3 is 2.64 bits per heavy atom. The summed E-state index contributed by atoms with van der Waals surface area (Å²) < 4.78 is 5.12. The number of benzene rings is 1. The molecule has 0 radical (unpaired) electrons. The number of nitrogens with two attached hydrogens (primary N) is 1. The van der Waals surface area contributed by atoms with E-state index < -0.39 is 36.1 Å². The minimum atomic E-state index is -1.17. The highest BCUT2D eigenvalue weighted by molar-refractivity contribution is 7.98. The fraction of sp³-hybridized carbons (Fsp3) is 0.444. The summed E-state index contributed by atoms with van der Waals surface area (Å²) in [5.41, 5.74) is 4.95. The lowest BCUT2D eigenvalue weighted by Gasteiger charge is -2.41. The summed E-state index contributed by atoms with van der Waals surface area (Å²) in [7, 11) is 0. The summed E-state index contributed by atoms with van der Waals surface area (Å²) in [5.74, 6) is -1.06. The number of nitrogens with one attached hydrogen (secondary N) is 2. The first-order valence-corrected chi connectivity index (χ1v) is 10.0. The van der Waals surface area contributed by atoms with Crippen molar-refractivity contribution >= 4 is 47.0 Å². The van der Waals surface area contributed by atoms with E-state index >= 15 is 0 Å². The first-order chi connectivity index (χ1) is 13.2. The summed E-state index contributed by atoms with van der Waals surface area (Å²) >= 11 is 1.49. The van der Waals surface area contributed by atoms with Crippen molar-refractivity contribution in [3.05, 3.63) is 24.3 Å². The van der Waals surface area contributed by atoms with Crippen molar-refractivity contribution in [2.75, 3.05) is 28.8 Å². The van der Waals surface area contributed by atoms with E-state index in [4.69, 9.17) is 10.5 Å². The van der Waals surface area contributed by atoms with Crippen LogP contribution in [0.15, 0.2) is 24.3 Å². The number of hydrogen-bond donors (Lipinski definition) is 3. The van der Waals surface area contributed by atoms with Gasteiger partial charge in [0.2, 0.25) is 5.91 Å². The zero-order chi connectivity index (χ0) is 20.9. The van der Waals surface area contributed by atoms with Crippen molar-refractivity contribution in [3.63, 3.8) is 0 Å². The number of primary amides is 1. The Morgan fingerprint density at radius 2 is 2.00 bits per heavy atom. The number of ether oxygens (including phenoxy) is 1. The zero-order valence-electron chi connectivity index (χ0n) is 16.0. The van der Waals surface area contributed by atoms with Crippen LogP contribution in [0.2, 0.25) is 0 Å². The third-order valence-electron chi connectivity index (χ3n) is 4.31. The Morgan fingerprint density at radius 1 is 1.32 bits per heavy atom. The molecule has 0 fully saturated rings. The van der Waals surface area contributed by atoms with Crippen LogP contribution >= 0.6 is 11.8 Å². The molecule has 1 aliphatic heterocycles. The van der Waals surface area contributed by atoms with Crippen molar-refractivity contribution in [1.82, 2.24) is 5.32 Å². The van der Waals surface area contributed by atoms with Gasteiger partial charge in [-0.3, -0.25) is 14.5 Å². The van der Waals surface area contributed by atoms with Crippen LogP contribution < -0.4 is 21.3 Å². The fourth-order valence-corrected chi connectivity index (χ4v) is 3.32. The lowest BCUT2D eigenvalue weighted by atomic mass is 9.96. The molecule has 0 unspecified atom stereocenters. The monoisotopic (exact) mass is 408 g/mol. The molecule has 28 heavy (non-hydrogen) atoms.